The maximum atomic E-state index is 9.33. The van der Waals surface area contributed by atoms with Gasteiger partial charge in [0.05, 0.1) is 17.3 Å². The molecule has 0 fully saturated rings. The summed E-state index contributed by atoms with van der Waals surface area (Å²) in [6, 6.07) is 13.4. The van der Waals surface area contributed by atoms with Crippen molar-refractivity contribution in [3.63, 3.8) is 0 Å². The largest absolute Gasteiger partial charge is 0.456 e. The Morgan fingerprint density at radius 1 is 1.17 bits per heavy atom. The van der Waals surface area contributed by atoms with Gasteiger partial charge in [-0.25, -0.2) is 9.97 Å². The van der Waals surface area contributed by atoms with E-state index in [-0.39, 0.29) is 6.61 Å². The fourth-order valence-corrected chi connectivity index (χ4v) is 3.95. The topological polar surface area (TPSA) is 86.3 Å². The lowest BCUT2D eigenvalue weighted by atomic mass is 10.2. The average molecular weight is 422 g/mol. The van der Waals surface area contributed by atoms with Crippen LogP contribution in [0.25, 0.3) is 10.9 Å². The van der Waals surface area contributed by atoms with E-state index in [1.165, 1.54) is 0 Å². The van der Waals surface area contributed by atoms with Crippen LogP contribution in [0.3, 0.4) is 0 Å². The van der Waals surface area contributed by atoms with Crippen LogP contribution in [-0.4, -0.2) is 39.8 Å². The van der Waals surface area contributed by atoms with E-state index in [1.807, 2.05) is 48.7 Å². The van der Waals surface area contributed by atoms with E-state index in [0.29, 0.717) is 28.9 Å². The van der Waals surface area contributed by atoms with E-state index >= 15 is 0 Å². The van der Waals surface area contributed by atoms with Crippen molar-refractivity contribution in [3.05, 3.63) is 65.7 Å². The molecule has 0 atom stereocenters. The van der Waals surface area contributed by atoms with E-state index in [0.717, 1.165) is 40.9 Å². The highest BCUT2D eigenvalue weighted by Crippen LogP contribution is 2.36. The third-order valence-electron chi connectivity index (χ3n) is 5.15. The van der Waals surface area contributed by atoms with Crippen molar-refractivity contribution in [2.75, 3.05) is 29.9 Å². The van der Waals surface area contributed by atoms with Crippen LogP contribution in [0.4, 0.5) is 17.2 Å². The number of benzene rings is 2. The van der Waals surface area contributed by atoms with Crippen molar-refractivity contribution < 1.29 is 9.84 Å². The first-order valence-electron chi connectivity index (χ1n) is 9.72. The summed E-state index contributed by atoms with van der Waals surface area (Å²) in [6.45, 7) is 1.45. The molecule has 0 radical (unpaired) electrons. The number of hydrogen-bond donors (Lipinski definition) is 3. The van der Waals surface area contributed by atoms with Crippen LogP contribution in [0, 0.1) is 0 Å². The monoisotopic (exact) mass is 421 g/mol. The minimum absolute atomic E-state index is 0.0832. The Balaban J connectivity index is 1.37. The first-order chi connectivity index (χ1) is 14.7. The lowest BCUT2D eigenvalue weighted by Crippen LogP contribution is -2.25. The van der Waals surface area contributed by atoms with Crippen molar-refractivity contribution in [1.82, 2.24) is 15.0 Å². The number of nitrogens with zero attached hydrogens (tertiary/aromatic N) is 3. The average Bonchev–Trinajstić information content (AvgIpc) is 3.38. The number of nitrogens with one attached hydrogen (secondary N) is 2. The first kappa shape index (κ1) is 18.7. The summed E-state index contributed by atoms with van der Waals surface area (Å²) in [7, 11) is 0. The quantitative estimate of drug-likeness (QED) is 0.425. The molecule has 152 valence electrons. The zero-order chi connectivity index (χ0) is 20.5. The van der Waals surface area contributed by atoms with Crippen LogP contribution >= 0.6 is 11.6 Å². The number of hydrogen-bond acceptors (Lipinski definition) is 6. The fourth-order valence-electron chi connectivity index (χ4n) is 3.73. The molecule has 0 amide bonds. The number of fused-ring (bicyclic) bond motifs is 2. The standard InChI is InChI=1S/C22H20ClN5O2/c23-17-11-15(27-22-21-18(25-13-26-22)6-8-28(21)9-10-29)2-4-20(17)30-16-3-1-14-5-7-24-19(14)12-16/h1-5,7,11-13,24,29H,6,8-10H2,(H,25,26,27). The first-order valence-corrected chi connectivity index (χ1v) is 10.1. The highest BCUT2D eigenvalue weighted by molar-refractivity contribution is 6.32. The smallest absolute Gasteiger partial charge is 0.157 e. The summed E-state index contributed by atoms with van der Waals surface area (Å²) in [5, 5.41) is 14.3. The third kappa shape index (κ3) is 3.53. The van der Waals surface area contributed by atoms with Crippen molar-refractivity contribution in [2.24, 2.45) is 0 Å². The lowest BCUT2D eigenvalue weighted by Gasteiger charge is -2.20. The zero-order valence-corrected chi connectivity index (χ0v) is 16.9. The van der Waals surface area contributed by atoms with Gasteiger partial charge in [-0.3, -0.25) is 0 Å². The highest BCUT2D eigenvalue weighted by atomic mass is 35.5. The molecule has 8 heteroatoms. The van der Waals surface area contributed by atoms with Crippen LogP contribution in [0.1, 0.15) is 5.69 Å². The number of aliphatic hydroxyl groups excluding tert-OH is 1. The predicted molar refractivity (Wildman–Crippen MR) is 118 cm³/mol. The van der Waals surface area contributed by atoms with Crippen LogP contribution < -0.4 is 15.0 Å². The highest BCUT2D eigenvalue weighted by Gasteiger charge is 2.24. The van der Waals surface area contributed by atoms with Gasteiger partial charge in [-0.2, -0.15) is 0 Å². The summed E-state index contributed by atoms with van der Waals surface area (Å²) >= 11 is 6.49. The molecule has 30 heavy (non-hydrogen) atoms. The number of H-pyrrole nitrogens is 1. The predicted octanol–water partition coefficient (Wildman–Crippen LogP) is 4.50. The Morgan fingerprint density at radius 2 is 2.10 bits per heavy atom. The van der Waals surface area contributed by atoms with Crippen LogP contribution in [0.2, 0.25) is 5.02 Å². The van der Waals surface area contributed by atoms with Gasteiger partial charge in [0.25, 0.3) is 0 Å². The molecule has 0 saturated heterocycles. The van der Waals surface area contributed by atoms with Gasteiger partial charge >= 0.3 is 0 Å². The van der Waals surface area contributed by atoms with E-state index < -0.39 is 0 Å². The van der Waals surface area contributed by atoms with Gasteiger partial charge in [-0.05, 0) is 41.8 Å². The molecular formula is C22H20ClN5O2. The van der Waals surface area contributed by atoms with Crippen LogP contribution in [0.5, 0.6) is 11.5 Å². The lowest BCUT2D eigenvalue weighted by molar-refractivity contribution is 0.303. The van der Waals surface area contributed by atoms with Crippen LogP contribution in [0.15, 0.2) is 55.0 Å². The molecule has 1 aliphatic heterocycles. The molecular weight excluding hydrogens is 402 g/mol. The number of rotatable bonds is 6. The van der Waals surface area contributed by atoms with E-state index in [1.54, 1.807) is 6.33 Å². The van der Waals surface area contributed by atoms with Gasteiger partial charge < -0.3 is 25.0 Å². The minimum Gasteiger partial charge on any atom is -0.456 e. The molecule has 2 aromatic carbocycles. The molecule has 0 spiro atoms. The summed E-state index contributed by atoms with van der Waals surface area (Å²) in [6.07, 6.45) is 4.29. The molecule has 0 bridgehead atoms. The number of ether oxygens (including phenoxy) is 1. The molecule has 7 nitrogen and oxygen atoms in total. The molecule has 4 aromatic rings. The van der Waals surface area contributed by atoms with E-state index in [9.17, 15) is 5.11 Å². The Kier molecular flexibility index (Phi) is 4.90. The number of halogens is 1. The van der Waals surface area contributed by atoms with Gasteiger partial charge in [-0.15, -0.1) is 0 Å². The number of aromatic nitrogens is 3. The maximum Gasteiger partial charge on any atom is 0.157 e. The second-order valence-corrected chi connectivity index (χ2v) is 7.48. The SMILES string of the molecule is OCCN1CCc2ncnc(Nc3ccc(Oc4ccc5cc[nH]c5c4)c(Cl)c3)c21. The minimum atomic E-state index is 0.0832. The van der Waals surface area contributed by atoms with Crippen molar-refractivity contribution in [3.8, 4) is 11.5 Å². The summed E-state index contributed by atoms with van der Waals surface area (Å²) in [5.41, 5.74) is 3.71. The zero-order valence-electron chi connectivity index (χ0n) is 16.1. The van der Waals surface area contributed by atoms with Crippen molar-refractivity contribution in [1.29, 1.82) is 0 Å². The fraction of sp³-hybridized carbons (Fsp3) is 0.182. The van der Waals surface area contributed by atoms with Gasteiger partial charge in [0, 0.05) is 43.0 Å². The molecule has 3 N–H and O–H groups in total. The van der Waals surface area contributed by atoms with Gasteiger partial charge in [0.15, 0.2) is 5.82 Å². The van der Waals surface area contributed by atoms with Gasteiger partial charge in [0.1, 0.15) is 23.5 Å². The number of β-amino-alcohol motifs (C(OH)–C–C–N with tert-alkyl or cyclic N) is 1. The Morgan fingerprint density at radius 3 is 2.97 bits per heavy atom. The summed E-state index contributed by atoms with van der Waals surface area (Å²) in [4.78, 5) is 14.0. The number of aliphatic hydroxyl groups is 1. The summed E-state index contributed by atoms with van der Waals surface area (Å²) < 4.78 is 5.97. The van der Waals surface area contributed by atoms with Crippen LogP contribution in [-0.2, 0) is 6.42 Å². The molecule has 3 heterocycles. The number of aromatic amines is 1. The molecule has 1 aliphatic rings. The third-order valence-corrected chi connectivity index (χ3v) is 5.45. The second kappa shape index (κ2) is 7.85. The Labute approximate surface area is 178 Å². The molecule has 5 rings (SSSR count). The maximum absolute atomic E-state index is 9.33. The van der Waals surface area contributed by atoms with E-state index in [4.69, 9.17) is 16.3 Å². The van der Waals surface area contributed by atoms with Gasteiger partial charge in [-0.1, -0.05) is 11.6 Å². The van der Waals surface area contributed by atoms with E-state index in [2.05, 4.69) is 25.2 Å². The van der Waals surface area contributed by atoms with Crippen molar-refractivity contribution in [2.45, 2.75) is 6.42 Å². The molecule has 0 unspecified atom stereocenters. The second-order valence-electron chi connectivity index (χ2n) is 7.08. The molecule has 0 saturated carbocycles. The Hall–Kier alpha value is -3.29. The molecule has 0 aliphatic carbocycles. The normalized spacial score (nSPS) is 12.9. The summed E-state index contributed by atoms with van der Waals surface area (Å²) in [5.74, 6) is 1.98. The van der Waals surface area contributed by atoms with Gasteiger partial charge in [0.2, 0.25) is 0 Å². The Bertz CT molecular complexity index is 1210. The molecule has 2 aromatic heterocycles. The van der Waals surface area contributed by atoms with Crippen molar-refractivity contribution >= 4 is 39.7 Å². The number of anilines is 3.